The molecule has 0 fully saturated rings. The minimum atomic E-state index is -0.948. The Kier molecular flexibility index (Phi) is 9.68. The summed E-state index contributed by atoms with van der Waals surface area (Å²) in [4.78, 5) is 36.6. The van der Waals surface area contributed by atoms with Gasteiger partial charge in [0.2, 0.25) is 0 Å². The van der Waals surface area contributed by atoms with Crippen molar-refractivity contribution in [2.45, 2.75) is 32.3 Å². The van der Waals surface area contributed by atoms with Crippen molar-refractivity contribution in [1.29, 1.82) is 0 Å². The molecule has 216 valence electrons. The highest BCUT2D eigenvalue weighted by Gasteiger charge is 2.17. The van der Waals surface area contributed by atoms with Gasteiger partial charge in [0.15, 0.2) is 11.5 Å². The number of aliphatic carboxylic acids is 2. The Bertz CT molecular complexity index is 1420. The van der Waals surface area contributed by atoms with E-state index in [1.54, 1.807) is 38.4 Å². The van der Waals surface area contributed by atoms with Crippen molar-refractivity contribution in [2.75, 3.05) is 33.9 Å². The largest absolute Gasteiger partial charge is 0.493 e. The molecule has 0 radical (unpaired) electrons. The van der Waals surface area contributed by atoms with E-state index >= 15 is 0 Å². The lowest BCUT2D eigenvalue weighted by Crippen LogP contribution is -2.21. The van der Waals surface area contributed by atoms with Crippen LogP contribution in [0.3, 0.4) is 0 Å². The van der Waals surface area contributed by atoms with Gasteiger partial charge < -0.3 is 34.1 Å². The first kappa shape index (κ1) is 29.3. The molecule has 0 aliphatic carbocycles. The number of amides is 1. The topological polar surface area (TPSA) is 132 Å². The molecular formula is C31H33NO9. The average molecular weight is 564 g/mol. The van der Waals surface area contributed by atoms with Crippen molar-refractivity contribution < 1.29 is 43.5 Å². The molecule has 3 aromatic carbocycles. The molecular weight excluding hydrogens is 530 g/mol. The molecule has 10 heteroatoms. The molecule has 10 nitrogen and oxygen atoms in total. The molecule has 0 saturated heterocycles. The van der Waals surface area contributed by atoms with Crippen LogP contribution in [0.4, 0.5) is 0 Å². The Morgan fingerprint density at radius 1 is 0.854 bits per heavy atom. The van der Waals surface area contributed by atoms with Gasteiger partial charge in [-0.3, -0.25) is 14.4 Å². The van der Waals surface area contributed by atoms with Crippen molar-refractivity contribution in [3.05, 3.63) is 71.3 Å². The summed E-state index contributed by atoms with van der Waals surface area (Å²) in [5.74, 6) is 0.197. The van der Waals surface area contributed by atoms with Crippen molar-refractivity contribution in [3.63, 3.8) is 0 Å². The van der Waals surface area contributed by atoms with Crippen molar-refractivity contribution in [1.82, 2.24) is 4.90 Å². The third kappa shape index (κ3) is 7.91. The number of carbonyl (C=O) groups excluding carboxylic acids is 1. The van der Waals surface area contributed by atoms with E-state index in [1.807, 2.05) is 30.3 Å². The van der Waals surface area contributed by atoms with E-state index < -0.39 is 11.9 Å². The van der Waals surface area contributed by atoms with E-state index in [0.29, 0.717) is 53.8 Å². The van der Waals surface area contributed by atoms with Gasteiger partial charge in [0.25, 0.3) is 5.91 Å². The molecule has 0 unspecified atom stereocenters. The van der Waals surface area contributed by atoms with Crippen LogP contribution in [0.15, 0.2) is 54.6 Å². The zero-order valence-electron chi connectivity index (χ0n) is 23.1. The molecule has 0 aromatic heterocycles. The van der Waals surface area contributed by atoms with Crippen molar-refractivity contribution >= 4 is 17.8 Å². The maximum atomic E-state index is 12.9. The van der Waals surface area contributed by atoms with Gasteiger partial charge in [-0.2, -0.15) is 0 Å². The number of hydrogen-bond donors (Lipinski definition) is 2. The SMILES string of the molecule is CN(C)C(=O)c1cc(OCc2cccc(OCCCC(=O)O)c2CCC(=O)O)cc(-c2ccc3c(c2)OCCO3)c1. The van der Waals surface area contributed by atoms with Crippen LogP contribution in [0.5, 0.6) is 23.0 Å². The molecule has 0 bridgehead atoms. The maximum Gasteiger partial charge on any atom is 0.303 e. The predicted octanol–water partition coefficient (Wildman–Crippen LogP) is 4.67. The Hall–Kier alpha value is -4.73. The van der Waals surface area contributed by atoms with E-state index in [-0.39, 0.29) is 38.4 Å². The molecule has 41 heavy (non-hydrogen) atoms. The van der Waals surface area contributed by atoms with Gasteiger partial charge in [-0.05, 0) is 65.9 Å². The van der Waals surface area contributed by atoms with Gasteiger partial charge in [0.1, 0.15) is 31.3 Å². The summed E-state index contributed by atoms with van der Waals surface area (Å²) in [5, 5.41) is 18.2. The van der Waals surface area contributed by atoms with Crippen LogP contribution < -0.4 is 18.9 Å². The minimum Gasteiger partial charge on any atom is -0.493 e. The fraction of sp³-hybridized carbons (Fsp3) is 0.323. The Morgan fingerprint density at radius 3 is 2.34 bits per heavy atom. The van der Waals surface area contributed by atoms with Gasteiger partial charge >= 0.3 is 11.9 Å². The lowest BCUT2D eigenvalue weighted by molar-refractivity contribution is -0.138. The fourth-order valence-electron chi connectivity index (χ4n) is 4.42. The lowest BCUT2D eigenvalue weighted by Gasteiger charge is -2.20. The highest BCUT2D eigenvalue weighted by Crippen LogP contribution is 2.36. The van der Waals surface area contributed by atoms with E-state index in [4.69, 9.17) is 24.1 Å². The van der Waals surface area contributed by atoms with Crippen LogP contribution in [0.1, 0.15) is 40.7 Å². The van der Waals surface area contributed by atoms with E-state index in [0.717, 1.165) is 16.7 Å². The van der Waals surface area contributed by atoms with Crippen molar-refractivity contribution in [2.24, 2.45) is 0 Å². The predicted molar refractivity (Wildman–Crippen MR) is 150 cm³/mol. The number of carboxylic acids is 2. The quantitative estimate of drug-likeness (QED) is 0.285. The van der Waals surface area contributed by atoms with Crippen LogP contribution in [0.25, 0.3) is 11.1 Å². The second kappa shape index (κ2) is 13.6. The Labute approximate surface area is 238 Å². The van der Waals surface area contributed by atoms with E-state index in [2.05, 4.69) is 0 Å². The highest BCUT2D eigenvalue weighted by atomic mass is 16.6. The van der Waals surface area contributed by atoms with Gasteiger partial charge in [-0.15, -0.1) is 0 Å². The summed E-state index contributed by atoms with van der Waals surface area (Å²) in [5.41, 5.74) is 3.43. The number of carbonyl (C=O) groups is 3. The van der Waals surface area contributed by atoms with Gasteiger partial charge in [-0.1, -0.05) is 18.2 Å². The average Bonchev–Trinajstić information content (AvgIpc) is 2.96. The zero-order chi connectivity index (χ0) is 29.4. The number of carboxylic acid groups (broad SMARTS) is 2. The number of ether oxygens (including phenoxy) is 4. The first-order chi connectivity index (χ1) is 19.7. The second-order valence-electron chi connectivity index (χ2n) is 9.73. The van der Waals surface area contributed by atoms with Gasteiger partial charge in [-0.25, -0.2) is 0 Å². The molecule has 0 atom stereocenters. The summed E-state index contributed by atoms with van der Waals surface area (Å²) >= 11 is 0. The lowest BCUT2D eigenvalue weighted by atomic mass is 10.0. The molecule has 1 aliphatic heterocycles. The first-order valence-electron chi connectivity index (χ1n) is 13.3. The number of rotatable bonds is 13. The number of hydrogen-bond acceptors (Lipinski definition) is 7. The minimum absolute atomic E-state index is 0.0268. The monoisotopic (exact) mass is 563 g/mol. The van der Waals surface area contributed by atoms with Crippen LogP contribution in [0, 0.1) is 0 Å². The molecule has 2 N–H and O–H groups in total. The van der Waals surface area contributed by atoms with E-state index in [1.165, 1.54) is 4.90 Å². The van der Waals surface area contributed by atoms with E-state index in [9.17, 15) is 19.5 Å². The molecule has 4 rings (SSSR count). The summed E-state index contributed by atoms with van der Waals surface area (Å²) in [6, 6.07) is 16.2. The van der Waals surface area contributed by atoms with Crippen LogP contribution >= 0.6 is 0 Å². The van der Waals surface area contributed by atoms with Crippen LogP contribution in [-0.2, 0) is 22.6 Å². The van der Waals surface area contributed by atoms with Crippen LogP contribution in [-0.4, -0.2) is 66.9 Å². The molecule has 1 aliphatic rings. The Morgan fingerprint density at radius 2 is 1.61 bits per heavy atom. The molecule has 0 spiro atoms. The normalized spacial score (nSPS) is 12.0. The number of nitrogens with zero attached hydrogens (tertiary/aromatic N) is 1. The third-order valence-electron chi connectivity index (χ3n) is 6.44. The third-order valence-corrected chi connectivity index (χ3v) is 6.44. The van der Waals surface area contributed by atoms with Crippen molar-refractivity contribution in [3.8, 4) is 34.1 Å². The zero-order valence-corrected chi connectivity index (χ0v) is 23.1. The smallest absolute Gasteiger partial charge is 0.303 e. The summed E-state index contributed by atoms with van der Waals surface area (Å²) in [7, 11) is 3.35. The van der Waals surface area contributed by atoms with Gasteiger partial charge in [0, 0.05) is 38.1 Å². The highest BCUT2D eigenvalue weighted by molar-refractivity contribution is 5.95. The first-order valence-corrected chi connectivity index (χ1v) is 13.3. The van der Waals surface area contributed by atoms with Gasteiger partial charge in [0.05, 0.1) is 6.61 Å². The second-order valence-corrected chi connectivity index (χ2v) is 9.73. The number of fused-ring (bicyclic) bond motifs is 1. The summed E-state index contributed by atoms with van der Waals surface area (Å²) < 4.78 is 23.4. The Balaban J connectivity index is 1.62. The molecule has 1 heterocycles. The molecule has 0 saturated carbocycles. The fourth-order valence-corrected chi connectivity index (χ4v) is 4.42. The number of benzene rings is 3. The molecule has 1 amide bonds. The van der Waals surface area contributed by atoms with Crippen LogP contribution in [0.2, 0.25) is 0 Å². The summed E-state index contributed by atoms with van der Waals surface area (Å²) in [6.45, 7) is 1.22. The molecule has 3 aromatic rings. The summed E-state index contributed by atoms with van der Waals surface area (Å²) in [6.07, 6.45) is 0.402. The standard InChI is InChI=1S/C31H33NO9/c1-32(2)31(37)23-15-22(20-8-10-27-28(18-20)40-14-13-39-27)16-24(17-23)41-19-21-5-3-6-26(25(21)9-11-30(35)36)38-12-4-7-29(33)34/h3,5-6,8,10,15-18H,4,7,9,11-14,19H2,1-2H3,(H,33,34)(H,35,36). The maximum absolute atomic E-state index is 12.9.